The zero-order valence-electron chi connectivity index (χ0n) is 13.9. The number of hydrogen-bond acceptors (Lipinski definition) is 5. The number of rotatable bonds is 4. The van der Waals surface area contributed by atoms with Crippen molar-refractivity contribution in [2.24, 2.45) is 7.05 Å². The molecule has 9 nitrogen and oxygen atoms in total. The number of carbonyl (C=O) groups excluding carboxylic acids is 1. The van der Waals surface area contributed by atoms with E-state index in [2.05, 4.69) is 20.4 Å². The van der Waals surface area contributed by atoms with Crippen LogP contribution >= 0.6 is 0 Å². The Kier molecular flexibility index (Phi) is 4.34. The van der Waals surface area contributed by atoms with Crippen LogP contribution in [0.2, 0.25) is 0 Å². The van der Waals surface area contributed by atoms with Gasteiger partial charge in [0.2, 0.25) is 0 Å². The Morgan fingerprint density at radius 3 is 2.96 bits per heavy atom. The van der Waals surface area contributed by atoms with Gasteiger partial charge in [0.15, 0.2) is 0 Å². The van der Waals surface area contributed by atoms with Gasteiger partial charge in [0.1, 0.15) is 5.82 Å². The fourth-order valence-corrected chi connectivity index (χ4v) is 2.87. The minimum atomic E-state index is -0.327. The third-order valence-corrected chi connectivity index (χ3v) is 4.04. The molecule has 2 aromatic heterocycles. The van der Waals surface area contributed by atoms with Crippen molar-refractivity contribution in [1.82, 2.24) is 30.0 Å². The first-order valence-electron chi connectivity index (χ1n) is 7.60. The summed E-state index contributed by atoms with van der Waals surface area (Å²) in [6, 6.07) is 1.23. The van der Waals surface area contributed by atoms with E-state index in [0.717, 1.165) is 5.69 Å². The normalized spacial score (nSPS) is 14.5. The molecule has 24 heavy (non-hydrogen) atoms. The summed E-state index contributed by atoms with van der Waals surface area (Å²) in [6.45, 7) is 2.61. The van der Waals surface area contributed by atoms with E-state index in [9.17, 15) is 9.59 Å². The number of ether oxygens (including phenoxy) is 1. The van der Waals surface area contributed by atoms with Crippen LogP contribution in [-0.4, -0.2) is 44.4 Å². The van der Waals surface area contributed by atoms with Crippen LogP contribution in [0.15, 0.2) is 17.1 Å². The van der Waals surface area contributed by atoms with Gasteiger partial charge in [0.05, 0.1) is 42.7 Å². The molecule has 128 valence electrons. The molecule has 0 aromatic carbocycles. The number of hydrogen-bond donors (Lipinski definition) is 2. The van der Waals surface area contributed by atoms with E-state index in [-0.39, 0.29) is 24.2 Å². The molecule has 1 aliphatic rings. The second kappa shape index (κ2) is 6.44. The Bertz CT molecular complexity index is 812. The molecular formula is C15H20N6O3. The van der Waals surface area contributed by atoms with Gasteiger partial charge in [-0.2, -0.15) is 5.10 Å². The predicted molar refractivity (Wildman–Crippen MR) is 85.2 cm³/mol. The van der Waals surface area contributed by atoms with E-state index in [4.69, 9.17) is 4.74 Å². The zero-order chi connectivity index (χ0) is 17.3. The number of nitrogens with zero attached hydrogens (tertiary/aromatic N) is 4. The van der Waals surface area contributed by atoms with E-state index >= 15 is 0 Å². The van der Waals surface area contributed by atoms with Crippen LogP contribution in [0, 0.1) is 6.92 Å². The van der Waals surface area contributed by atoms with Crippen molar-refractivity contribution < 1.29 is 9.53 Å². The molecule has 0 spiro atoms. The average molecular weight is 332 g/mol. The van der Waals surface area contributed by atoms with Gasteiger partial charge in [-0.25, -0.2) is 9.78 Å². The van der Waals surface area contributed by atoms with Gasteiger partial charge < -0.3 is 19.9 Å². The Morgan fingerprint density at radius 1 is 1.50 bits per heavy atom. The van der Waals surface area contributed by atoms with Crippen molar-refractivity contribution in [1.29, 1.82) is 0 Å². The lowest BCUT2D eigenvalue weighted by Gasteiger charge is -2.22. The number of fused-ring (bicyclic) bond motifs is 1. The number of aromatic nitrogens is 4. The zero-order valence-corrected chi connectivity index (χ0v) is 13.9. The fraction of sp³-hybridized carbons (Fsp3) is 0.467. The van der Waals surface area contributed by atoms with Crippen LogP contribution in [0.4, 0.5) is 4.79 Å². The number of aromatic amines is 1. The molecule has 1 unspecified atom stereocenters. The fourth-order valence-electron chi connectivity index (χ4n) is 2.87. The number of H-pyrrole nitrogens is 1. The van der Waals surface area contributed by atoms with Crippen LogP contribution in [0.5, 0.6) is 0 Å². The molecule has 3 rings (SSSR count). The number of methoxy groups -OCH3 is 1. The minimum Gasteiger partial charge on any atom is -0.382 e. The highest BCUT2D eigenvalue weighted by Crippen LogP contribution is 2.19. The van der Waals surface area contributed by atoms with Gasteiger partial charge in [-0.1, -0.05) is 0 Å². The lowest BCUT2D eigenvalue weighted by atomic mass is 10.2. The summed E-state index contributed by atoms with van der Waals surface area (Å²) in [5, 5.41) is 7.05. The molecule has 1 aliphatic heterocycles. The van der Waals surface area contributed by atoms with Gasteiger partial charge in [0, 0.05) is 20.4 Å². The number of aryl methyl sites for hydroxylation is 2. The highest BCUT2D eigenvalue weighted by molar-refractivity contribution is 5.75. The lowest BCUT2D eigenvalue weighted by Crippen LogP contribution is -2.41. The molecule has 0 saturated heterocycles. The Hall–Kier alpha value is -2.68. The standard InChI is InChI=1S/C15H20N6O3/c1-9-17-11-7-21(6-10(11)14(22)18-9)15(23)19-12(8-24-3)13-4-5-16-20(13)2/h4-5,12H,6-8H2,1-3H3,(H,19,23)(H,17,18,22). The maximum Gasteiger partial charge on any atom is 0.318 e. The van der Waals surface area contributed by atoms with Gasteiger partial charge >= 0.3 is 6.03 Å². The summed E-state index contributed by atoms with van der Waals surface area (Å²) in [6.07, 6.45) is 1.67. The summed E-state index contributed by atoms with van der Waals surface area (Å²) in [7, 11) is 3.38. The van der Waals surface area contributed by atoms with Crippen LogP contribution in [0.25, 0.3) is 0 Å². The molecule has 0 fully saturated rings. The number of urea groups is 1. The molecular weight excluding hydrogens is 312 g/mol. The van der Waals surface area contributed by atoms with Gasteiger partial charge in [-0.3, -0.25) is 9.48 Å². The second-order valence-corrected chi connectivity index (χ2v) is 5.77. The van der Waals surface area contributed by atoms with Crippen molar-refractivity contribution in [2.45, 2.75) is 26.1 Å². The lowest BCUT2D eigenvalue weighted by molar-refractivity contribution is 0.152. The first-order chi connectivity index (χ1) is 11.5. The summed E-state index contributed by atoms with van der Waals surface area (Å²) in [5.41, 5.74) is 1.84. The first kappa shape index (κ1) is 16.2. The number of amides is 2. The molecule has 9 heteroatoms. The maximum atomic E-state index is 12.6. The van der Waals surface area contributed by atoms with Gasteiger partial charge in [0.25, 0.3) is 5.56 Å². The molecule has 2 N–H and O–H groups in total. The van der Waals surface area contributed by atoms with E-state index in [1.54, 1.807) is 29.8 Å². The van der Waals surface area contributed by atoms with E-state index < -0.39 is 0 Å². The van der Waals surface area contributed by atoms with Crippen LogP contribution < -0.4 is 10.9 Å². The summed E-state index contributed by atoms with van der Waals surface area (Å²) < 4.78 is 6.89. The topological polar surface area (TPSA) is 105 Å². The quantitative estimate of drug-likeness (QED) is 0.833. The number of nitrogens with one attached hydrogen (secondary N) is 2. The molecule has 3 heterocycles. The molecule has 0 bridgehead atoms. The van der Waals surface area contributed by atoms with Crippen molar-refractivity contribution >= 4 is 6.03 Å². The maximum absolute atomic E-state index is 12.6. The van der Waals surface area contributed by atoms with Crippen LogP contribution in [0.1, 0.15) is 28.8 Å². The molecule has 0 radical (unpaired) electrons. The van der Waals surface area contributed by atoms with Crippen molar-refractivity contribution in [2.75, 3.05) is 13.7 Å². The highest BCUT2D eigenvalue weighted by Gasteiger charge is 2.29. The summed E-state index contributed by atoms with van der Waals surface area (Å²) in [5.74, 6) is 0.549. The van der Waals surface area contributed by atoms with Crippen LogP contribution in [-0.2, 0) is 24.9 Å². The van der Waals surface area contributed by atoms with Crippen molar-refractivity contribution in [3.8, 4) is 0 Å². The molecule has 2 amide bonds. The number of carbonyl (C=O) groups is 1. The summed E-state index contributed by atoms with van der Waals surface area (Å²) in [4.78, 5) is 33.1. The van der Waals surface area contributed by atoms with Crippen molar-refractivity contribution in [3.63, 3.8) is 0 Å². The monoisotopic (exact) mass is 332 g/mol. The largest absolute Gasteiger partial charge is 0.382 e. The third-order valence-electron chi connectivity index (χ3n) is 4.04. The summed E-state index contributed by atoms with van der Waals surface area (Å²) >= 11 is 0. The molecule has 0 aliphatic carbocycles. The highest BCUT2D eigenvalue weighted by atomic mass is 16.5. The van der Waals surface area contributed by atoms with Gasteiger partial charge in [-0.05, 0) is 13.0 Å². The van der Waals surface area contributed by atoms with E-state index in [0.29, 0.717) is 30.2 Å². The Balaban J connectivity index is 1.74. The predicted octanol–water partition coefficient (Wildman–Crippen LogP) is 0.225. The first-order valence-corrected chi connectivity index (χ1v) is 7.60. The Morgan fingerprint density at radius 2 is 2.29 bits per heavy atom. The SMILES string of the molecule is COCC(NC(=O)N1Cc2nc(C)[nH]c(=O)c2C1)c1ccnn1C. The molecule has 2 aromatic rings. The Labute approximate surface area is 138 Å². The van der Waals surface area contributed by atoms with Crippen molar-refractivity contribution in [3.05, 3.63) is 45.4 Å². The molecule has 0 saturated carbocycles. The van der Waals surface area contributed by atoms with Crippen LogP contribution in [0.3, 0.4) is 0 Å². The smallest absolute Gasteiger partial charge is 0.318 e. The average Bonchev–Trinajstić information content (AvgIpc) is 3.13. The van der Waals surface area contributed by atoms with Gasteiger partial charge in [-0.15, -0.1) is 0 Å². The van der Waals surface area contributed by atoms with E-state index in [1.807, 2.05) is 13.1 Å². The van der Waals surface area contributed by atoms with E-state index in [1.165, 1.54) is 0 Å². The third kappa shape index (κ3) is 3.02. The molecule has 1 atom stereocenters. The minimum absolute atomic E-state index is 0.187. The second-order valence-electron chi connectivity index (χ2n) is 5.77.